The van der Waals surface area contributed by atoms with Crippen LogP contribution in [0.5, 0.6) is 0 Å². The molecular weight excluding hydrogens is 274 g/mol. The monoisotopic (exact) mass is 291 g/mol. The zero-order chi connectivity index (χ0) is 13.7. The Labute approximate surface area is 119 Å². The van der Waals surface area contributed by atoms with E-state index in [9.17, 15) is 9.32 Å². The molecule has 2 unspecified atom stereocenters. The molecule has 0 saturated carbocycles. The van der Waals surface area contributed by atoms with E-state index >= 15 is 0 Å². The molecule has 2 fully saturated rings. The van der Waals surface area contributed by atoms with Crippen LogP contribution < -0.4 is 0 Å². The largest absolute Gasteiger partial charge is 0.383 e. The predicted molar refractivity (Wildman–Crippen MR) is 75.7 cm³/mol. The second-order valence-corrected chi connectivity index (χ2v) is 7.88. The summed E-state index contributed by atoms with van der Waals surface area (Å²) < 4.78 is 14.2. The fourth-order valence-electron chi connectivity index (χ4n) is 3.68. The van der Waals surface area contributed by atoms with Crippen LogP contribution >= 0.6 is 0 Å². The van der Waals surface area contributed by atoms with Crippen molar-refractivity contribution in [1.82, 2.24) is 14.4 Å². The van der Waals surface area contributed by atoms with Gasteiger partial charge in [-0.15, -0.1) is 0 Å². The number of aliphatic hydroxyl groups is 1. The molecule has 0 aromatic carbocycles. The number of aromatic nitrogens is 3. The maximum absolute atomic E-state index is 12.3. The molecule has 106 valence electrons. The first-order chi connectivity index (χ1) is 9.67. The number of nitrogens with zero attached hydrogens (tertiary/aromatic N) is 3. The zero-order valence-electron chi connectivity index (χ0n) is 11.1. The van der Waals surface area contributed by atoms with Crippen LogP contribution in [0.2, 0.25) is 0 Å². The van der Waals surface area contributed by atoms with Crippen LogP contribution in [0, 0.1) is 0 Å². The van der Waals surface area contributed by atoms with E-state index in [4.69, 9.17) is 0 Å². The van der Waals surface area contributed by atoms with Crippen LogP contribution in [0.25, 0.3) is 5.65 Å². The minimum absolute atomic E-state index is 0.125. The van der Waals surface area contributed by atoms with Gasteiger partial charge in [-0.05, 0) is 25.7 Å². The summed E-state index contributed by atoms with van der Waals surface area (Å²) in [6.07, 6.45) is 11.2. The highest BCUT2D eigenvalue weighted by Crippen LogP contribution is 2.44. The van der Waals surface area contributed by atoms with Gasteiger partial charge in [0.25, 0.3) is 0 Å². The van der Waals surface area contributed by atoms with Gasteiger partial charge >= 0.3 is 0 Å². The number of fused-ring (bicyclic) bond motifs is 3. The third-order valence-electron chi connectivity index (χ3n) is 4.63. The second-order valence-electron chi connectivity index (χ2n) is 5.89. The summed E-state index contributed by atoms with van der Waals surface area (Å²) in [5.41, 5.74) is 0.640. The fraction of sp³-hybridized carbons (Fsp3) is 0.571. The quantitative estimate of drug-likeness (QED) is 0.862. The van der Waals surface area contributed by atoms with E-state index in [2.05, 4.69) is 9.97 Å². The fourth-order valence-corrected chi connectivity index (χ4v) is 5.90. The van der Waals surface area contributed by atoms with Gasteiger partial charge in [0.2, 0.25) is 0 Å². The molecule has 0 aliphatic carbocycles. The molecule has 2 aliphatic heterocycles. The zero-order valence-corrected chi connectivity index (χ0v) is 11.9. The number of rotatable bonds is 1. The normalized spacial score (nSPS) is 37.1. The molecule has 5 nitrogen and oxygen atoms in total. The Bertz CT molecular complexity index is 668. The molecule has 2 aromatic heterocycles. The molecular formula is C14H17N3O2S. The number of hydrogen-bond acceptors (Lipinski definition) is 4. The Balaban J connectivity index is 1.79. The lowest BCUT2D eigenvalue weighted by Crippen LogP contribution is -2.47. The molecule has 4 heterocycles. The molecule has 2 saturated heterocycles. The third kappa shape index (κ3) is 1.74. The van der Waals surface area contributed by atoms with Crippen molar-refractivity contribution in [2.75, 3.05) is 0 Å². The minimum Gasteiger partial charge on any atom is -0.383 e. The first-order valence-electron chi connectivity index (χ1n) is 7.07. The van der Waals surface area contributed by atoms with E-state index in [-0.39, 0.29) is 10.5 Å². The second kappa shape index (κ2) is 4.36. The molecule has 2 aliphatic rings. The van der Waals surface area contributed by atoms with E-state index in [1.165, 1.54) is 0 Å². The lowest BCUT2D eigenvalue weighted by Gasteiger charge is -2.43. The van der Waals surface area contributed by atoms with Crippen LogP contribution in [-0.2, 0) is 16.4 Å². The standard InChI is InChI=1S/C14H17N3O2S/c18-14(6-10-2-1-3-11(7-14)20(10)19)12-8-16-13-9-15-4-5-17(12)13/h4-5,8-11,18H,1-3,6-7H2. The van der Waals surface area contributed by atoms with E-state index in [0.717, 1.165) is 30.6 Å². The van der Waals surface area contributed by atoms with Gasteiger partial charge in [-0.3, -0.25) is 13.6 Å². The summed E-state index contributed by atoms with van der Waals surface area (Å²) in [5, 5.41) is 11.4. The summed E-state index contributed by atoms with van der Waals surface area (Å²) in [7, 11) is -0.780. The van der Waals surface area contributed by atoms with Gasteiger partial charge < -0.3 is 5.11 Å². The average molecular weight is 291 g/mol. The van der Waals surface area contributed by atoms with Gasteiger partial charge in [0.1, 0.15) is 5.60 Å². The molecule has 6 heteroatoms. The molecule has 0 spiro atoms. The highest BCUT2D eigenvalue weighted by molar-refractivity contribution is 7.86. The Kier molecular flexibility index (Phi) is 2.72. The summed E-state index contributed by atoms with van der Waals surface area (Å²) in [6.45, 7) is 0. The van der Waals surface area contributed by atoms with Gasteiger partial charge in [0.15, 0.2) is 5.65 Å². The van der Waals surface area contributed by atoms with Gasteiger partial charge in [-0.25, -0.2) is 4.98 Å². The molecule has 2 bridgehead atoms. The van der Waals surface area contributed by atoms with Crippen molar-refractivity contribution in [3.8, 4) is 0 Å². The van der Waals surface area contributed by atoms with Gasteiger partial charge in [0, 0.05) is 33.7 Å². The van der Waals surface area contributed by atoms with Gasteiger partial charge in [0.05, 0.1) is 18.1 Å². The first-order valence-corrected chi connectivity index (χ1v) is 8.34. The molecule has 2 aromatic rings. The van der Waals surface area contributed by atoms with Crippen LogP contribution in [-0.4, -0.2) is 34.2 Å². The van der Waals surface area contributed by atoms with Crippen molar-refractivity contribution in [3.05, 3.63) is 30.5 Å². The van der Waals surface area contributed by atoms with Crippen molar-refractivity contribution >= 4 is 16.4 Å². The van der Waals surface area contributed by atoms with Gasteiger partial charge in [-0.1, -0.05) is 6.42 Å². The summed E-state index contributed by atoms with van der Waals surface area (Å²) >= 11 is 0. The van der Waals surface area contributed by atoms with Crippen molar-refractivity contribution < 1.29 is 9.32 Å². The Morgan fingerprint density at radius 3 is 2.80 bits per heavy atom. The summed E-state index contributed by atoms with van der Waals surface area (Å²) in [6, 6.07) is 0. The van der Waals surface area contributed by atoms with Crippen molar-refractivity contribution in [2.45, 2.75) is 48.2 Å². The Hall–Kier alpha value is -1.27. The Morgan fingerprint density at radius 2 is 2.05 bits per heavy atom. The van der Waals surface area contributed by atoms with E-state index in [1.807, 2.05) is 10.6 Å². The molecule has 4 rings (SSSR count). The van der Waals surface area contributed by atoms with Crippen LogP contribution in [0.3, 0.4) is 0 Å². The molecule has 20 heavy (non-hydrogen) atoms. The van der Waals surface area contributed by atoms with Crippen molar-refractivity contribution in [2.24, 2.45) is 0 Å². The topological polar surface area (TPSA) is 67.5 Å². The van der Waals surface area contributed by atoms with Gasteiger partial charge in [-0.2, -0.15) is 0 Å². The molecule has 2 atom stereocenters. The van der Waals surface area contributed by atoms with Crippen LogP contribution in [0.1, 0.15) is 37.8 Å². The molecule has 0 amide bonds. The van der Waals surface area contributed by atoms with E-state index in [0.29, 0.717) is 12.8 Å². The minimum atomic E-state index is -0.912. The van der Waals surface area contributed by atoms with Crippen molar-refractivity contribution in [3.63, 3.8) is 0 Å². The first kappa shape index (κ1) is 12.5. The van der Waals surface area contributed by atoms with Crippen LogP contribution in [0.15, 0.2) is 24.8 Å². The summed E-state index contributed by atoms with van der Waals surface area (Å²) in [5.74, 6) is 0. The van der Waals surface area contributed by atoms with E-state index in [1.54, 1.807) is 18.6 Å². The predicted octanol–water partition coefficient (Wildman–Crippen LogP) is 1.38. The lowest BCUT2D eigenvalue weighted by molar-refractivity contribution is 0.00174. The molecule has 0 radical (unpaired) electrons. The third-order valence-corrected chi connectivity index (χ3v) is 6.75. The number of imidazole rings is 1. The maximum atomic E-state index is 12.3. The number of hydrogen-bond donors (Lipinski definition) is 1. The maximum Gasteiger partial charge on any atom is 0.155 e. The molecule has 1 N–H and O–H groups in total. The van der Waals surface area contributed by atoms with Crippen LogP contribution in [0.4, 0.5) is 0 Å². The smallest absolute Gasteiger partial charge is 0.155 e. The average Bonchev–Trinajstić information content (AvgIpc) is 2.85. The summed E-state index contributed by atoms with van der Waals surface area (Å²) in [4.78, 5) is 8.37. The highest BCUT2D eigenvalue weighted by Gasteiger charge is 2.47. The SMILES string of the molecule is O=S1C2CCCC1CC(O)(c1cnc3cnccn13)C2. The lowest BCUT2D eigenvalue weighted by atomic mass is 9.83. The Morgan fingerprint density at radius 1 is 1.30 bits per heavy atom. The van der Waals surface area contributed by atoms with Crippen molar-refractivity contribution in [1.29, 1.82) is 0 Å². The van der Waals surface area contributed by atoms with E-state index < -0.39 is 16.4 Å². The highest BCUT2D eigenvalue weighted by atomic mass is 32.2.